The first-order valence-corrected chi connectivity index (χ1v) is 13.0. The molecule has 2 N–H and O–H groups in total. The molecule has 0 bridgehead atoms. The van der Waals surface area contributed by atoms with Crippen LogP contribution in [0.1, 0.15) is 37.7 Å². The normalized spacial score (nSPS) is 11.2. The van der Waals surface area contributed by atoms with E-state index in [4.69, 9.17) is 5.11 Å². The van der Waals surface area contributed by atoms with E-state index in [0.717, 1.165) is 33.6 Å². The molecule has 6 aromatic rings. The number of nitrogens with zero attached hydrogens (tertiary/aromatic N) is 2. The Bertz CT molecular complexity index is 1790. The second-order valence-electron chi connectivity index (χ2n) is 9.14. The molecule has 0 aliphatic rings. The minimum Gasteiger partial charge on any atom is -0.478 e. The van der Waals surface area contributed by atoms with Gasteiger partial charge in [0.2, 0.25) is 0 Å². The molecule has 6 nitrogen and oxygen atoms in total. The van der Waals surface area contributed by atoms with E-state index in [1.165, 1.54) is 22.3 Å². The van der Waals surface area contributed by atoms with Gasteiger partial charge in [-0.05, 0) is 75.9 Å². The first-order valence-electron chi connectivity index (χ1n) is 12.2. The molecule has 0 radical (unpaired) electrons. The lowest BCUT2D eigenvalue weighted by Crippen LogP contribution is -2.25. The summed E-state index contributed by atoms with van der Waals surface area (Å²) in [6, 6.07) is 31.2. The average molecular weight is 518 g/mol. The van der Waals surface area contributed by atoms with E-state index in [9.17, 15) is 9.59 Å². The Labute approximate surface area is 223 Å². The molecule has 0 spiro atoms. The maximum atomic E-state index is 13.6. The predicted octanol–water partition coefficient (Wildman–Crippen LogP) is 6.44. The van der Waals surface area contributed by atoms with E-state index in [1.54, 1.807) is 24.3 Å². The van der Waals surface area contributed by atoms with Gasteiger partial charge in [-0.3, -0.25) is 4.79 Å². The van der Waals surface area contributed by atoms with Gasteiger partial charge in [0.05, 0.1) is 11.3 Å². The topological polar surface area (TPSA) is 83.7 Å². The van der Waals surface area contributed by atoms with E-state index in [2.05, 4.69) is 52.2 Å². The minimum atomic E-state index is -0.978. The highest BCUT2D eigenvalue weighted by molar-refractivity contribution is 7.03. The molecule has 0 aliphatic carbocycles. The van der Waals surface area contributed by atoms with Crippen LogP contribution in [-0.4, -0.2) is 25.8 Å². The van der Waals surface area contributed by atoms with Crippen molar-refractivity contribution in [3.8, 4) is 11.3 Å². The van der Waals surface area contributed by atoms with Gasteiger partial charge >= 0.3 is 5.97 Å². The third-order valence-electron chi connectivity index (χ3n) is 6.65. The summed E-state index contributed by atoms with van der Waals surface area (Å²) in [5, 5.41) is 16.4. The molecular formula is C31H23N3O3S. The molecule has 1 amide bonds. The number of hydrogen-bond acceptors (Lipinski definition) is 4. The Hall–Kier alpha value is -4.75. The molecule has 3 aromatic carbocycles. The van der Waals surface area contributed by atoms with Crippen LogP contribution in [0.2, 0.25) is 0 Å². The zero-order chi connectivity index (χ0) is 26.1. The molecule has 0 fully saturated rings. The lowest BCUT2D eigenvalue weighted by Gasteiger charge is -2.13. The largest absolute Gasteiger partial charge is 0.478 e. The molecule has 6 rings (SSSR count). The van der Waals surface area contributed by atoms with Crippen molar-refractivity contribution in [1.82, 2.24) is 14.1 Å². The number of rotatable bonds is 7. The first-order chi connectivity index (χ1) is 18.5. The van der Waals surface area contributed by atoms with Gasteiger partial charge in [0, 0.05) is 35.1 Å². The van der Waals surface area contributed by atoms with Crippen LogP contribution in [0.4, 0.5) is 0 Å². The van der Waals surface area contributed by atoms with Crippen LogP contribution in [0.15, 0.2) is 102 Å². The molecule has 38 heavy (non-hydrogen) atoms. The summed E-state index contributed by atoms with van der Waals surface area (Å²) >= 11 is 1.37. The van der Waals surface area contributed by atoms with Crippen LogP contribution in [0.25, 0.3) is 27.5 Å². The summed E-state index contributed by atoms with van der Waals surface area (Å²) < 4.78 is 6.47. The molecule has 0 saturated heterocycles. The summed E-state index contributed by atoms with van der Waals surface area (Å²) in [5.41, 5.74) is 6.35. The third kappa shape index (κ3) is 4.67. The van der Waals surface area contributed by atoms with Gasteiger partial charge in [0.1, 0.15) is 5.69 Å². The van der Waals surface area contributed by atoms with E-state index in [-0.39, 0.29) is 18.0 Å². The van der Waals surface area contributed by atoms with Gasteiger partial charge in [-0.2, -0.15) is 4.37 Å². The van der Waals surface area contributed by atoms with Crippen molar-refractivity contribution < 1.29 is 14.7 Å². The number of aromatic nitrogens is 2. The Morgan fingerprint density at radius 3 is 2.39 bits per heavy atom. The number of amides is 1. The van der Waals surface area contributed by atoms with Gasteiger partial charge in [-0.25, -0.2) is 4.79 Å². The Kier molecular flexibility index (Phi) is 6.19. The number of aromatic carboxylic acids is 1. The molecule has 186 valence electrons. The Morgan fingerprint density at radius 1 is 0.842 bits per heavy atom. The van der Waals surface area contributed by atoms with Crippen LogP contribution in [-0.2, 0) is 13.0 Å². The smallest absolute Gasteiger partial charge is 0.335 e. The number of carboxylic acids is 1. The van der Waals surface area contributed by atoms with Crippen molar-refractivity contribution in [1.29, 1.82) is 0 Å². The molecule has 0 unspecified atom stereocenters. The lowest BCUT2D eigenvalue weighted by molar-refractivity contribution is 0.0696. The highest BCUT2D eigenvalue weighted by atomic mass is 32.1. The van der Waals surface area contributed by atoms with Crippen molar-refractivity contribution >= 4 is 39.7 Å². The maximum Gasteiger partial charge on any atom is 0.335 e. The summed E-state index contributed by atoms with van der Waals surface area (Å²) in [4.78, 5) is 24.7. The SMILES string of the molecule is O=C(O)c1ccc(CNC(=O)c2cc(-c3ccsn3)cc3ccc(Cc4ccc5ccccc5c4)n23)cc1. The van der Waals surface area contributed by atoms with E-state index < -0.39 is 5.97 Å². The van der Waals surface area contributed by atoms with Gasteiger partial charge in [0.15, 0.2) is 0 Å². The zero-order valence-electron chi connectivity index (χ0n) is 20.3. The fourth-order valence-corrected chi connectivity index (χ4v) is 5.26. The predicted molar refractivity (Wildman–Crippen MR) is 150 cm³/mol. The minimum absolute atomic E-state index is 0.212. The lowest BCUT2D eigenvalue weighted by atomic mass is 10.0. The van der Waals surface area contributed by atoms with Crippen molar-refractivity contribution in [3.63, 3.8) is 0 Å². The average Bonchev–Trinajstić information content (AvgIpc) is 3.62. The monoisotopic (exact) mass is 517 g/mol. The van der Waals surface area contributed by atoms with Gasteiger partial charge in [-0.15, -0.1) is 0 Å². The van der Waals surface area contributed by atoms with Crippen LogP contribution >= 0.6 is 11.5 Å². The number of benzene rings is 3. The number of pyridine rings is 1. The number of carbonyl (C=O) groups is 2. The standard InChI is InChI=1S/C31H23N3O3S/c35-30(32-19-20-5-9-23(10-6-20)31(36)37)29-18-25(28-13-14-38-33-28)17-27-12-11-26(34(27)29)16-21-7-8-22-3-1-2-4-24(22)15-21/h1-15,17-18H,16,19H2,(H,32,35)(H,36,37). The molecule has 7 heteroatoms. The summed E-state index contributed by atoms with van der Waals surface area (Å²) in [6.07, 6.45) is 0.673. The van der Waals surface area contributed by atoms with Crippen LogP contribution in [0.3, 0.4) is 0 Å². The first kappa shape index (κ1) is 23.6. The summed E-state index contributed by atoms with van der Waals surface area (Å²) in [6.45, 7) is 0.280. The summed E-state index contributed by atoms with van der Waals surface area (Å²) in [5.74, 6) is -1.20. The van der Waals surface area contributed by atoms with Gasteiger partial charge < -0.3 is 14.8 Å². The van der Waals surface area contributed by atoms with Crippen molar-refractivity contribution in [2.45, 2.75) is 13.0 Å². The zero-order valence-corrected chi connectivity index (χ0v) is 21.1. The Morgan fingerprint density at radius 2 is 1.63 bits per heavy atom. The van der Waals surface area contributed by atoms with E-state index in [1.807, 2.05) is 40.1 Å². The number of hydrogen-bond donors (Lipinski definition) is 2. The second kappa shape index (κ2) is 9.95. The Balaban J connectivity index is 1.35. The third-order valence-corrected chi connectivity index (χ3v) is 7.21. The summed E-state index contributed by atoms with van der Waals surface area (Å²) in [7, 11) is 0. The highest BCUT2D eigenvalue weighted by Gasteiger charge is 2.17. The van der Waals surface area contributed by atoms with Crippen molar-refractivity contribution in [3.05, 3.63) is 131 Å². The number of carbonyl (C=O) groups excluding carboxylic acids is 1. The van der Waals surface area contributed by atoms with Gasteiger partial charge in [-0.1, -0.05) is 54.6 Å². The van der Waals surface area contributed by atoms with Crippen molar-refractivity contribution in [2.24, 2.45) is 0 Å². The van der Waals surface area contributed by atoms with Crippen LogP contribution in [0, 0.1) is 0 Å². The molecular weight excluding hydrogens is 494 g/mol. The van der Waals surface area contributed by atoms with Gasteiger partial charge in [0.25, 0.3) is 5.91 Å². The number of nitrogens with one attached hydrogen (secondary N) is 1. The highest BCUT2D eigenvalue weighted by Crippen LogP contribution is 2.26. The van der Waals surface area contributed by atoms with E-state index in [0.29, 0.717) is 12.1 Å². The van der Waals surface area contributed by atoms with Crippen LogP contribution < -0.4 is 5.32 Å². The van der Waals surface area contributed by atoms with Crippen LogP contribution in [0.5, 0.6) is 0 Å². The number of carboxylic acid groups (broad SMARTS) is 1. The van der Waals surface area contributed by atoms with E-state index >= 15 is 0 Å². The quantitative estimate of drug-likeness (QED) is 0.255. The number of fused-ring (bicyclic) bond motifs is 2. The second-order valence-corrected chi connectivity index (χ2v) is 9.81. The molecule has 0 atom stereocenters. The van der Waals surface area contributed by atoms with Crippen molar-refractivity contribution in [2.75, 3.05) is 0 Å². The molecule has 3 heterocycles. The fourth-order valence-electron chi connectivity index (χ4n) is 4.73. The maximum absolute atomic E-state index is 13.6. The fraction of sp³-hybridized carbons (Fsp3) is 0.0645. The molecule has 0 saturated carbocycles. The molecule has 0 aliphatic heterocycles. The molecule has 3 aromatic heterocycles.